The van der Waals surface area contributed by atoms with Gasteiger partial charge in [-0.25, -0.2) is 6.08 Å². The molecular formula is C11H11Hf-. The van der Waals surface area contributed by atoms with Crippen LogP contribution in [0.2, 0.25) is 0 Å². The normalized spacial score (nSPS) is 12.5. The molecule has 0 fully saturated rings. The van der Waals surface area contributed by atoms with Crippen molar-refractivity contribution < 1.29 is 25.8 Å². The Kier molecular flexibility index (Phi) is 3.05. The van der Waals surface area contributed by atoms with E-state index in [1.807, 2.05) is 0 Å². The molecule has 0 N–H and O–H groups in total. The minimum absolute atomic E-state index is 0. The molecule has 1 aromatic rings. The van der Waals surface area contributed by atoms with Gasteiger partial charge in [-0.15, -0.1) is 18.1 Å². The van der Waals surface area contributed by atoms with Gasteiger partial charge < -0.3 is 0 Å². The summed E-state index contributed by atoms with van der Waals surface area (Å²) in [6.45, 7) is 4.32. The van der Waals surface area contributed by atoms with Crippen molar-refractivity contribution >= 4 is 6.08 Å². The van der Waals surface area contributed by atoms with Crippen LogP contribution >= 0.6 is 0 Å². The molecule has 0 nitrogen and oxygen atoms in total. The van der Waals surface area contributed by atoms with Crippen LogP contribution in [0.1, 0.15) is 22.3 Å². The Morgan fingerprint density at radius 2 is 1.83 bits per heavy atom. The van der Waals surface area contributed by atoms with E-state index in [2.05, 4.69) is 38.1 Å². The van der Waals surface area contributed by atoms with E-state index in [9.17, 15) is 0 Å². The van der Waals surface area contributed by atoms with Crippen molar-refractivity contribution in [2.24, 2.45) is 0 Å². The number of fused-ring (bicyclic) bond motifs is 1. The molecule has 2 rings (SSSR count). The third-order valence-corrected chi connectivity index (χ3v) is 2.31. The number of benzene rings is 1. The van der Waals surface area contributed by atoms with Crippen molar-refractivity contribution in [2.75, 3.05) is 0 Å². The maximum atomic E-state index is 3.22. The van der Waals surface area contributed by atoms with Crippen LogP contribution in [0, 0.1) is 19.9 Å². The zero-order chi connectivity index (χ0) is 7.84. The van der Waals surface area contributed by atoms with Gasteiger partial charge in [0.15, 0.2) is 0 Å². The predicted octanol–water partition coefficient (Wildman–Crippen LogP) is 2.67. The zero-order valence-corrected chi connectivity index (χ0v) is 11.0. The molecule has 1 aliphatic rings. The molecule has 0 bridgehead atoms. The Morgan fingerprint density at radius 1 is 1.17 bits per heavy atom. The summed E-state index contributed by atoms with van der Waals surface area (Å²) in [4.78, 5) is 0. The third-order valence-electron chi connectivity index (χ3n) is 2.31. The fourth-order valence-corrected chi connectivity index (χ4v) is 1.46. The van der Waals surface area contributed by atoms with Gasteiger partial charge in [0.2, 0.25) is 0 Å². The maximum Gasteiger partial charge on any atom is 0 e. The van der Waals surface area contributed by atoms with E-state index in [1.165, 1.54) is 22.3 Å². The summed E-state index contributed by atoms with van der Waals surface area (Å²) < 4.78 is 0. The fourth-order valence-electron chi connectivity index (χ4n) is 1.46. The molecular weight excluding hydrogens is 311 g/mol. The quantitative estimate of drug-likeness (QED) is 0.509. The molecule has 0 saturated carbocycles. The van der Waals surface area contributed by atoms with Crippen molar-refractivity contribution in [3.05, 3.63) is 40.5 Å². The second kappa shape index (κ2) is 3.69. The Bertz CT molecular complexity index is 324. The number of allylic oxidation sites excluding steroid dienone is 1. The zero-order valence-electron chi connectivity index (χ0n) is 7.44. The molecule has 1 heteroatoms. The summed E-state index contributed by atoms with van der Waals surface area (Å²) in [5.41, 5.74) is 5.55. The van der Waals surface area contributed by atoms with Crippen LogP contribution in [0.5, 0.6) is 0 Å². The van der Waals surface area contributed by atoms with E-state index in [-0.39, 0.29) is 25.8 Å². The van der Waals surface area contributed by atoms with Gasteiger partial charge in [-0.2, -0.15) is 5.56 Å². The second-order valence-electron chi connectivity index (χ2n) is 3.16. The van der Waals surface area contributed by atoms with E-state index >= 15 is 0 Å². The summed E-state index contributed by atoms with van der Waals surface area (Å²) >= 11 is 0. The molecule has 60 valence electrons. The second-order valence-corrected chi connectivity index (χ2v) is 3.16. The number of hydrogen-bond donors (Lipinski definition) is 0. The van der Waals surface area contributed by atoms with Gasteiger partial charge in [-0.05, 0) is 13.8 Å². The van der Waals surface area contributed by atoms with E-state index in [4.69, 9.17) is 0 Å². The minimum Gasteiger partial charge on any atom is -0.272 e. The summed E-state index contributed by atoms with van der Waals surface area (Å²) in [6, 6.07) is 4.51. The average molecular weight is 322 g/mol. The van der Waals surface area contributed by atoms with Crippen LogP contribution in [-0.4, -0.2) is 0 Å². The molecule has 0 atom stereocenters. The van der Waals surface area contributed by atoms with Crippen molar-refractivity contribution in [2.45, 2.75) is 20.3 Å². The number of aryl methyl sites for hydroxylation is 2. The molecule has 0 spiro atoms. The molecule has 12 heavy (non-hydrogen) atoms. The summed E-state index contributed by atoms with van der Waals surface area (Å²) in [6.07, 6.45) is 6.30. The summed E-state index contributed by atoms with van der Waals surface area (Å²) in [7, 11) is 0. The molecule has 0 aromatic heterocycles. The van der Waals surface area contributed by atoms with Crippen LogP contribution in [0.15, 0.2) is 12.1 Å². The number of hydrogen-bond acceptors (Lipinski definition) is 0. The first-order valence-electron chi connectivity index (χ1n) is 3.94. The van der Waals surface area contributed by atoms with Gasteiger partial charge in [0.25, 0.3) is 0 Å². The summed E-state index contributed by atoms with van der Waals surface area (Å²) in [5.74, 6) is 0. The Morgan fingerprint density at radius 3 is 2.58 bits per heavy atom. The van der Waals surface area contributed by atoms with Crippen LogP contribution < -0.4 is 0 Å². The molecule has 0 amide bonds. The van der Waals surface area contributed by atoms with Gasteiger partial charge in [0.05, 0.1) is 0 Å². The maximum absolute atomic E-state index is 3.22. The number of rotatable bonds is 0. The van der Waals surface area contributed by atoms with E-state index < -0.39 is 0 Å². The smallest absolute Gasteiger partial charge is 0 e. The molecule has 0 radical (unpaired) electrons. The van der Waals surface area contributed by atoms with Gasteiger partial charge in [0.1, 0.15) is 0 Å². The molecule has 0 heterocycles. The van der Waals surface area contributed by atoms with Crippen molar-refractivity contribution in [3.63, 3.8) is 0 Å². The van der Waals surface area contributed by atoms with Crippen LogP contribution in [0.4, 0.5) is 0 Å². The molecule has 0 unspecified atom stereocenters. The van der Waals surface area contributed by atoms with E-state index in [0.29, 0.717) is 0 Å². The van der Waals surface area contributed by atoms with Crippen molar-refractivity contribution in [1.29, 1.82) is 0 Å². The van der Waals surface area contributed by atoms with Gasteiger partial charge in [-0.1, -0.05) is 17.2 Å². The Balaban J connectivity index is 0.000000720. The van der Waals surface area contributed by atoms with E-state index in [0.717, 1.165) is 6.42 Å². The Hall–Kier alpha value is -0.170. The molecule has 0 aliphatic heterocycles. The summed E-state index contributed by atoms with van der Waals surface area (Å²) in [5, 5.41) is 0. The van der Waals surface area contributed by atoms with Crippen molar-refractivity contribution in [1.82, 2.24) is 0 Å². The fraction of sp³-hybridized carbons (Fsp3) is 0.273. The van der Waals surface area contributed by atoms with Crippen LogP contribution in [-0.2, 0) is 32.3 Å². The minimum atomic E-state index is 0. The average Bonchev–Trinajstić information content (AvgIpc) is 2.36. The van der Waals surface area contributed by atoms with Gasteiger partial charge >= 0.3 is 0 Å². The SMILES string of the molecule is Cc1cc2c(cc1C)C[C-]=C2.[Hf]. The van der Waals surface area contributed by atoms with Gasteiger partial charge in [-0.3, -0.25) is 6.08 Å². The predicted molar refractivity (Wildman–Crippen MR) is 47.3 cm³/mol. The Labute approximate surface area is 92.5 Å². The van der Waals surface area contributed by atoms with Crippen LogP contribution in [0.25, 0.3) is 6.08 Å². The first-order chi connectivity index (χ1) is 5.27. The van der Waals surface area contributed by atoms with Gasteiger partial charge in [0, 0.05) is 25.8 Å². The first kappa shape index (κ1) is 9.91. The largest absolute Gasteiger partial charge is 0.272 e. The third kappa shape index (κ3) is 1.61. The first-order valence-corrected chi connectivity index (χ1v) is 3.94. The van der Waals surface area contributed by atoms with E-state index in [1.54, 1.807) is 0 Å². The standard InChI is InChI=1S/C11H11.Hf/c1-8-6-10-4-3-5-11(10)7-9(8)2;/h4,6-7H,5H2,1-2H3;/q-1;. The van der Waals surface area contributed by atoms with Crippen LogP contribution in [0.3, 0.4) is 0 Å². The monoisotopic (exact) mass is 323 g/mol. The molecule has 0 saturated heterocycles. The topological polar surface area (TPSA) is 0 Å². The molecule has 1 aliphatic carbocycles. The molecule has 1 aromatic carbocycles. The van der Waals surface area contributed by atoms with Crippen molar-refractivity contribution in [3.8, 4) is 0 Å².